The van der Waals surface area contributed by atoms with Crippen molar-refractivity contribution in [1.82, 2.24) is 0 Å². The number of anilines is 1. The Morgan fingerprint density at radius 3 is 2.09 bits per heavy atom. The van der Waals surface area contributed by atoms with Gasteiger partial charge in [-0.25, -0.2) is 0 Å². The minimum absolute atomic E-state index is 0.0238. The van der Waals surface area contributed by atoms with Crippen LogP contribution in [0.2, 0.25) is 0 Å². The van der Waals surface area contributed by atoms with E-state index in [9.17, 15) is 9.90 Å². The number of aliphatic carboxylic acids is 1. The van der Waals surface area contributed by atoms with Gasteiger partial charge in [0.05, 0.1) is 5.54 Å². The molecule has 0 spiro atoms. The topological polar surface area (TPSA) is 66.6 Å². The quantitative estimate of drug-likeness (QED) is 0.326. The van der Waals surface area contributed by atoms with Crippen LogP contribution in [0.15, 0.2) is 24.3 Å². The third kappa shape index (κ3) is 5.68. The molecule has 4 nitrogen and oxygen atoms in total. The van der Waals surface area contributed by atoms with E-state index in [4.69, 9.17) is 5.73 Å². The van der Waals surface area contributed by atoms with Crippen molar-refractivity contribution in [2.75, 3.05) is 11.4 Å². The molecule has 182 valence electrons. The fourth-order valence-electron chi connectivity index (χ4n) is 6.14. The van der Waals surface area contributed by atoms with E-state index in [2.05, 4.69) is 56.9 Å². The SMILES string of the molecule is CCCC[C@@H]1Cc2ccccc2N(CC(=O)O)C(CCCC)(CCCC)[C@]1(N)CCCC. The van der Waals surface area contributed by atoms with Gasteiger partial charge in [0.15, 0.2) is 0 Å². The zero-order chi connectivity index (χ0) is 23.6. The van der Waals surface area contributed by atoms with Gasteiger partial charge in [-0.05, 0) is 49.7 Å². The minimum atomic E-state index is -0.762. The smallest absolute Gasteiger partial charge is 0.323 e. The van der Waals surface area contributed by atoms with Crippen LogP contribution in [-0.2, 0) is 11.2 Å². The molecule has 32 heavy (non-hydrogen) atoms. The second-order valence-electron chi connectivity index (χ2n) is 10.0. The van der Waals surface area contributed by atoms with E-state index < -0.39 is 11.5 Å². The van der Waals surface area contributed by atoms with E-state index in [1.54, 1.807) is 0 Å². The first-order valence-electron chi connectivity index (χ1n) is 13.3. The Bertz CT molecular complexity index is 696. The number of carbonyl (C=O) groups is 1. The predicted molar refractivity (Wildman–Crippen MR) is 136 cm³/mol. The van der Waals surface area contributed by atoms with E-state index in [1.165, 1.54) is 12.0 Å². The molecule has 1 aliphatic rings. The summed E-state index contributed by atoms with van der Waals surface area (Å²) < 4.78 is 0. The van der Waals surface area contributed by atoms with E-state index in [0.29, 0.717) is 5.92 Å². The standard InChI is InChI=1S/C28H48N2O2/c1-5-9-16-24-21-23-15-13-14-17-25(23)30(22-26(31)32)27(18-10-6-2,19-11-7-3)28(24,29)20-12-8-4/h13-15,17,24H,5-12,16,18-22,29H2,1-4H3,(H,31,32)/t24-,28+/m1/s1. The van der Waals surface area contributed by atoms with Gasteiger partial charge in [0.2, 0.25) is 0 Å². The monoisotopic (exact) mass is 444 g/mol. The summed E-state index contributed by atoms with van der Waals surface area (Å²) in [6, 6.07) is 8.52. The number of benzene rings is 1. The third-order valence-electron chi connectivity index (χ3n) is 7.89. The summed E-state index contributed by atoms with van der Waals surface area (Å²) >= 11 is 0. The molecule has 0 bridgehead atoms. The number of hydrogen-bond acceptors (Lipinski definition) is 3. The van der Waals surface area contributed by atoms with Crippen molar-refractivity contribution in [1.29, 1.82) is 0 Å². The largest absolute Gasteiger partial charge is 0.480 e. The summed E-state index contributed by atoms with van der Waals surface area (Å²) in [5.74, 6) is -0.398. The van der Waals surface area contributed by atoms with Crippen molar-refractivity contribution < 1.29 is 9.90 Å². The van der Waals surface area contributed by atoms with E-state index >= 15 is 0 Å². The van der Waals surface area contributed by atoms with E-state index in [0.717, 1.165) is 82.7 Å². The normalized spacial score (nSPS) is 22.4. The van der Waals surface area contributed by atoms with Gasteiger partial charge in [-0.1, -0.05) is 97.3 Å². The number of hydrogen-bond donors (Lipinski definition) is 2. The highest BCUT2D eigenvalue weighted by Crippen LogP contribution is 2.51. The first kappa shape index (κ1) is 26.7. The molecule has 4 heteroatoms. The summed E-state index contributed by atoms with van der Waals surface area (Å²) in [6.07, 6.45) is 13.9. The van der Waals surface area contributed by atoms with Crippen molar-refractivity contribution in [3.05, 3.63) is 29.8 Å². The molecule has 0 unspecified atom stereocenters. The number of fused-ring (bicyclic) bond motifs is 1. The van der Waals surface area contributed by atoms with Gasteiger partial charge in [-0.3, -0.25) is 4.79 Å². The van der Waals surface area contributed by atoms with Gasteiger partial charge in [-0.15, -0.1) is 0 Å². The van der Waals surface area contributed by atoms with Gasteiger partial charge in [0, 0.05) is 11.2 Å². The Kier molecular flexibility index (Phi) is 10.5. The Balaban J connectivity index is 2.80. The van der Waals surface area contributed by atoms with Crippen molar-refractivity contribution in [3.8, 4) is 0 Å². The Morgan fingerprint density at radius 2 is 1.53 bits per heavy atom. The summed E-state index contributed by atoms with van der Waals surface area (Å²) in [5.41, 5.74) is 9.34. The Labute approximate surface area is 197 Å². The lowest BCUT2D eigenvalue weighted by Crippen LogP contribution is -2.72. The van der Waals surface area contributed by atoms with Crippen LogP contribution in [0.3, 0.4) is 0 Å². The van der Waals surface area contributed by atoms with Crippen LogP contribution in [0.5, 0.6) is 0 Å². The lowest BCUT2D eigenvalue weighted by atomic mass is 9.60. The van der Waals surface area contributed by atoms with E-state index in [-0.39, 0.29) is 12.1 Å². The van der Waals surface area contributed by atoms with Gasteiger partial charge in [0.25, 0.3) is 0 Å². The molecule has 0 amide bonds. The van der Waals surface area contributed by atoms with Crippen molar-refractivity contribution in [2.24, 2.45) is 11.7 Å². The average molecular weight is 445 g/mol. The van der Waals surface area contributed by atoms with Gasteiger partial charge in [-0.2, -0.15) is 0 Å². The molecule has 0 saturated heterocycles. The number of rotatable bonds is 14. The third-order valence-corrected chi connectivity index (χ3v) is 7.89. The first-order valence-corrected chi connectivity index (χ1v) is 13.3. The predicted octanol–water partition coefficient (Wildman–Crippen LogP) is 6.95. The zero-order valence-corrected chi connectivity index (χ0v) is 21.2. The molecule has 2 atom stereocenters. The second-order valence-corrected chi connectivity index (χ2v) is 10.0. The molecule has 0 aliphatic carbocycles. The zero-order valence-electron chi connectivity index (χ0n) is 21.2. The van der Waals surface area contributed by atoms with Gasteiger partial charge in [0.1, 0.15) is 6.54 Å². The summed E-state index contributed by atoms with van der Waals surface area (Å²) in [4.78, 5) is 14.5. The van der Waals surface area contributed by atoms with Crippen molar-refractivity contribution in [2.45, 2.75) is 122 Å². The lowest BCUT2D eigenvalue weighted by molar-refractivity contribution is -0.135. The molecular weight excluding hydrogens is 396 g/mol. The van der Waals surface area contributed by atoms with Crippen LogP contribution in [0.1, 0.15) is 110 Å². The number of carboxylic acid groups (broad SMARTS) is 1. The number of nitrogens with zero attached hydrogens (tertiary/aromatic N) is 1. The molecule has 1 aliphatic heterocycles. The van der Waals surface area contributed by atoms with Crippen LogP contribution >= 0.6 is 0 Å². The summed E-state index contributed by atoms with van der Waals surface area (Å²) in [5, 5.41) is 10.0. The Hall–Kier alpha value is -1.55. The van der Waals surface area contributed by atoms with Gasteiger partial charge >= 0.3 is 5.97 Å². The summed E-state index contributed by atoms with van der Waals surface area (Å²) in [6.45, 7) is 8.99. The molecule has 1 aromatic carbocycles. The second kappa shape index (κ2) is 12.6. The van der Waals surface area contributed by atoms with Crippen molar-refractivity contribution in [3.63, 3.8) is 0 Å². The van der Waals surface area contributed by atoms with Crippen LogP contribution in [0.4, 0.5) is 5.69 Å². The van der Waals surface area contributed by atoms with Crippen LogP contribution in [0.25, 0.3) is 0 Å². The molecule has 0 aromatic heterocycles. The van der Waals surface area contributed by atoms with Crippen LogP contribution in [-0.4, -0.2) is 28.7 Å². The number of carboxylic acids is 1. The molecule has 0 radical (unpaired) electrons. The maximum Gasteiger partial charge on any atom is 0.323 e. The minimum Gasteiger partial charge on any atom is -0.480 e. The highest BCUT2D eigenvalue weighted by atomic mass is 16.4. The lowest BCUT2D eigenvalue weighted by Gasteiger charge is -2.57. The molecule has 1 aromatic rings. The molecule has 0 saturated carbocycles. The molecule has 0 fully saturated rings. The molecule has 3 N–H and O–H groups in total. The van der Waals surface area contributed by atoms with Crippen molar-refractivity contribution >= 4 is 11.7 Å². The summed E-state index contributed by atoms with van der Waals surface area (Å²) in [7, 11) is 0. The fraction of sp³-hybridized carbons (Fsp3) is 0.750. The first-order chi connectivity index (χ1) is 15.4. The molecule has 1 heterocycles. The Morgan fingerprint density at radius 1 is 0.969 bits per heavy atom. The highest BCUT2D eigenvalue weighted by Gasteiger charge is 2.56. The average Bonchev–Trinajstić information content (AvgIpc) is 2.86. The maximum atomic E-state index is 12.2. The molecule has 2 rings (SSSR count). The fourth-order valence-corrected chi connectivity index (χ4v) is 6.14. The number of nitrogens with two attached hydrogens (primary N) is 1. The maximum absolute atomic E-state index is 12.2. The number of unbranched alkanes of at least 4 members (excludes halogenated alkanes) is 4. The van der Waals surface area contributed by atoms with Gasteiger partial charge < -0.3 is 15.7 Å². The van der Waals surface area contributed by atoms with E-state index in [1.807, 2.05) is 0 Å². The highest BCUT2D eigenvalue weighted by molar-refractivity contribution is 5.76. The van der Waals surface area contributed by atoms with Crippen LogP contribution in [0, 0.1) is 5.92 Å². The number of para-hydroxylation sites is 1. The van der Waals surface area contributed by atoms with Crippen LogP contribution < -0.4 is 10.6 Å². The molecular formula is C28H48N2O2.